The molecule has 23 heavy (non-hydrogen) atoms. The topological polar surface area (TPSA) is 71.2 Å². The number of nitrogens with zero attached hydrogens (tertiary/aromatic N) is 2. The van der Waals surface area contributed by atoms with Crippen LogP contribution in [0.3, 0.4) is 0 Å². The van der Waals surface area contributed by atoms with E-state index in [0.717, 1.165) is 50.3 Å². The van der Waals surface area contributed by atoms with Gasteiger partial charge in [-0.15, -0.1) is 24.8 Å². The lowest BCUT2D eigenvalue weighted by molar-refractivity contribution is -0.121. The number of nitrogens with two attached hydrogens (primary N) is 1. The second kappa shape index (κ2) is 8.71. The lowest BCUT2D eigenvalue weighted by atomic mass is 9.98. The standard InChI is InChI=1S/C16H24N4O.2ClH/c17-16(8-2-3-9-16)15(21)19-13-6-7-14(18-12-13)20-10-4-1-5-11-20;;/h6-7,12H,1-5,8-11,17H2,(H,19,21);2*1H. The fourth-order valence-corrected chi connectivity index (χ4v) is 3.26. The fraction of sp³-hybridized carbons (Fsp3) is 0.625. The van der Waals surface area contributed by atoms with Crippen molar-refractivity contribution in [2.24, 2.45) is 5.73 Å². The van der Waals surface area contributed by atoms with Gasteiger partial charge in [0.1, 0.15) is 5.82 Å². The van der Waals surface area contributed by atoms with Gasteiger partial charge in [-0.2, -0.15) is 0 Å². The third-order valence-corrected chi connectivity index (χ3v) is 4.63. The molecule has 2 aliphatic rings. The molecule has 2 heterocycles. The van der Waals surface area contributed by atoms with Gasteiger partial charge in [-0.25, -0.2) is 4.98 Å². The summed E-state index contributed by atoms with van der Waals surface area (Å²) in [7, 11) is 0. The van der Waals surface area contributed by atoms with E-state index in [0.29, 0.717) is 0 Å². The Kier molecular flexibility index (Phi) is 7.58. The van der Waals surface area contributed by atoms with Crippen LogP contribution < -0.4 is 16.0 Å². The van der Waals surface area contributed by atoms with Crippen LogP contribution in [0.25, 0.3) is 0 Å². The summed E-state index contributed by atoms with van der Waals surface area (Å²) in [6.07, 6.45) is 9.14. The van der Waals surface area contributed by atoms with Gasteiger partial charge in [0.05, 0.1) is 17.4 Å². The minimum absolute atomic E-state index is 0. The molecule has 5 nitrogen and oxygen atoms in total. The van der Waals surface area contributed by atoms with E-state index in [9.17, 15) is 4.79 Å². The Morgan fingerprint density at radius 2 is 1.74 bits per heavy atom. The summed E-state index contributed by atoms with van der Waals surface area (Å²) in [5, 5.41) is 2.91. The van der Waals surface area contributed by atoms with Crippen LogP contribution in [-0.4, -0.2) is 29.5 Å². The Morgan fingerprint density at radius 3 is 2.30 bits per heavy atom. The molecule has 2 fully saturated rings. The first-order valence-corrected chi connectivity index (χ1v) is 7.99. The third-order valence-electron chi connectivity index (χ3n) is 4.63. The van der Waals surface area contributed by atoms with Gasteiger partial charge in [0.25, 0.3) is 0 Å². The Bertz CT molecular complexity index is 497. The lowest BCUT2D eigenvalue weighted by Gasteiger charge is -2.28. The smallest absolute Gasteiger partial charge is 0.244 e. The van der Waals surface area contributed by atoms with E-state index < -0.39 is 5.54 Å². The van der Waals surface area contributed by atoms with Gasteiger partial charge in [-0.1, -0.05) is 12.8 Å². The minimum atomic E-state index is -0.689. The van der Waals surface area contributed by atoms with Crippen molar-refractivity contribution >= 4 is 42.2 Å². The highest BCUT2D eigenvalue weighted by molar-refractivity contribution is 5.98. The zero-order valence-corrected chi connectivity index (χ0v) is 14.9. The van der Waals surface area contributed by atoms with Gasteiger partial charge < -0.3 is 16.0 Å². The van der Waals surface area contributed by atoms with Crippen LogP contribution in [0, 0.1) is 0 Å². The van der Waals surface area contributed by atoms with Crippen LogP contribution in [0.5, 0.6) is 0 Å². The highest BCUT2D eigenvalue weighted by Crippen LogP contribution is 2.28. The van der Waals surface area contributed by atoms with Crippen LogP contribution in [0.2, 0.25) is 0 Å². The average molecular weight is 361 g/mol. The monoisotopic (exact) mass is 360 g/mol. The van der Waals surface area contributed by atoms with E-state index in [1.165, 1.54) is 19.3 Å². The average Bonchev–Trinajstić information content (AvgIpc) is 2.97. The molecule has 130 valence electrons. The van der Waals surface area contributed by atoms with Crippen molar-refractivity contribution in [2.45, 2.75) is 50.5 Å². The second-order valence-electron chi connectivity index (χ2n) is 6.27. The maximum Gasteiger partial charge on any atom is 0.244 e. The third kappa shape index (κ3) is 4.72. The number of amides is 1. The summed E-state index contributed by atoms with van der Waals surface area (Å²) in [5.74, 6) is 0.920. The zero-order valence-electron chi connectivity index (χ0n) is 13.3. The van der Waals surface area contributed by atoms with Crippen molar-refractivity contribution in [3.05, 3.63) is 18.3 Å². The number of halogens is 2. The van der Waals surface area contributed by atoms with Crippen molar-refractivity contribution in [2.75, 3.05) is 23.3 Å². The van der Waals surface area contributed by atoms with Gasteiger partial charge in [-0.3, -0.25) is 4.79 Å². The number of piperidine rings is 1. The number of aromatic nitrogens is 1. The molecule has 0 atom stereocenters. The largest absolute Gasteiger partial charge is 0.357 e. The molecule has 1 aliphatic heterocycles. The maximum atomic E-state index is 12.2. The molecule has 1 amide bonds. The first-order valence-electron chi connectivity index (χ1n) is 7.99. The highest BCUT2D eigenvalue weighted by Gasteiger charge is 2.36. The van der Waals surface area contributed by atoms with E-state index in [4.69, 9.17) is 5.73 Å². The predicted octanol–water partition coefficient (Wildman–Crippen LogP) is 3.13. The molecule has 0 spiro atoms. The number of nitrogens with one attached hydrogen (secondary N) is 1. The van der Waals surface area contributed by atoms with Gasteiger partial charge in [0, 0.05) is 13.1 Å². The van der Waals surface area contributed by atoms with Crippen LogP contribution >= 0.6 is 24.8 Å². The number of carbonyl (C=O) groups is 1. The molecule has 1 aliphatic carbocycles. The number of anilines is 2. The normalized spacial score (nSPS) is 19.4. The molecule has 0 unspecified atom stereocenters. The van der Waals surface area contributed by atoms with Crippen molar-refractivity contribution in [1.29, 1.82) is 0 Å². The number of pyridine rings is 1. The molecule has 0 aromatic carbocycles. The fourth-order valence-electron chi connectivity index (χ4n) is 3.26. The molecule has 1 saturated heterocycles. The predicted molar refractivity (Wildman–Crippen MR) is 98.8 cm³/mol. The maximum absolute atomic E-state index is 12.2. The Hall–Kier alpha value is -1.04. The highest BCUT2D eigenvalue weighted by atomic mass is 35.5. The number of hydrogen-bond donors (Lipinski definition) is 2. The van der Waals surface area contributed by atoms with Crippen LogP contribution in [-0.2, 0) is 4.79 Å². The van der Waals surface area contributed by atoms with Crippen molar-refractivity contribution in [3.63, 3.8) is 0 Å². The molecule has 1 saturated carbocycles. The van der Waals surface area contributed by atoms with Crippen LogP contribution in [0.15, 0.2) is 18.3 Å². The molecule has 3 rings (SSSR count). The molecule has 3 N–H and O–H groups in total. The van der Waals surface area contributed by atoms with Crippen molar-refractivity contribution < 1.29 is 4.79 Å². The number of hydrogen-bond acceptors (Lipinski definition) is 4. The summed E-state index contributed by atoms with van der Waals surface area (Å²) in [4.78, 5) is 19.0. The Labute approximate surface area is 150 Å². The van der Waals surface area contributed by atoms with Gasteiger partial charge >= 0.3 is 0 Å². The quantitative estimate of drug-likeness (QED) is 0.868. The summed E-state index contributed by atoms with van der Waals surface area (Å²) in [6.45, 7) is 2.15. The summed E-state index contributed by atoms with van der Waals surface area (Å²) in [6, 6.07) is 3.91. The SMILES string of the molecule is Cl.Cl.NC1(C(=O)Nc2ccc(N3CCCCC3)nc2)CCCC1. The summed E-state index contributed by atoms with van der Waals surface area (Å²) < 4.78 is 0. The van der Waals surface area contributed by atoms with Gasteiger partial charge in [0.2, 0.25) is 5.91 Å². The van der Waals surface area contributed by atoms with E-state index in [1.807, 2.05) is 12.1 Å². The van der Waals surface area contributed by atoms with E-state index >= 15 is 0 Å². The summed E-state index contributed by atoms with van der Waals surface area (Å²) in [5.41, 5.74) is 6.20. The first-order chi connectivity index (χ1) is 10.2. The molecule has 0 radical (unpaired) electrons. The van der Waals surface area contributed by atoms with Crippen LogP contribution in [0.1, 0.15) is 44.9 Å². The minimum Gasteiger partial charge on any atom is -0.357 e. The van der Waals surface area contributed by atoms with E-state index in [1.54, 1.807) is 6.20 Å². The summed E-state index contributed by atoms with van der Waals surface area (Å²) >= 11 is 0. The van der Waals surface area contributed by atoms with Gasteiger partial charge in [-0.05, 0) is 44.2 Å². The molecule has 1 aromatic rings. The number of carbonyl (C=O) groups excluding carboxylic acids is 1. The first kappa shape index (κ1) is 20.0. The Morgan fingerprint density at radius 1 is 1.09 bits per heavy atom. The molecule has 0 bridgehead atoms. The zero-order chi connectivity index (χ0) is 14.7. The molecular formula is C16H26Cl2N4O. The van der Waals surface area contributed by atoms with E-state index in [-0.39, 0.29) is 30.7 Å². The van der Waals surface area contributed by atoms with Gasteiger partial charge in [0.15, 0.2) is 0 Å². The lowest BCUT2D eigenvalue weighted by Crippen LogP contribution is -2.48. The van der Waals surface area contributed by atoms with Crippen LogP contribution in [0.4, 0.5) is 11.5 Å². The molecule has 7 heteroatoms. The number of rotatable bonds is 3. The molecular weight excluding hydrogens is 335 g/mol. The van der Waals surface area contributed by atoms with Crippen molar-refractivity contribution in [3.8, 4) is 0 Å². The second-order valence-corrected chi connectivity index (χ2v) is 6.27. The molecule has 1 aromatic heterocycles. The Balaban J connectivity index is 0.00000132. The van der Waals surface area contributed by atoms with Crippen molar-refractivity contribution in [1.82, 2.24) is 4.98 Å². The van der Waals surface area contributed by atoms with E-state index in [2.05, 4.69) is 15.2 Å².